The number of allylic oxidation sites excluding steroid dienone is 1. The number of thiol groups is 1. The number of hydrogen-bond donors (Lipinski definition) is 4. The zero-order valence-electron chi connectivity index (χ0n) is 15.7. The van der Waals surface area contributed by atoms with E-state index >= 15 is 0 Å². The van der Waals surface area contributed by atoms with Gasteiger partial charge < -0.3 is 20.8 Å². The zero-order chi connectivity index (χ0) is 21.1. The minimum absolute atomic E-state index is 0.0152. The van der Waals surface area contributed by atoms with Crippen molar-refractivity contribution in [2.75, 3.05) is 12.3 Å². The number of carbonyl (C=O) groups excluding carboxylic acids is 1. The van der Waals surface area contributed by atoms with E-state index in [2.05, 4.69) is 22.6 Å². The maximum Gasteiger partial charge on any atom is 0.335 e. The molecule has 0 atom stereocenters. The number of hydrogen-bond acceptors (Lipinski definition) is 7. The van der Waals surface area contributed by atoms with Crippen molar-refractivity contribution in [2.45, 2.75) is 26.8 Å². The summed E-state index contributed by atoms with van der Waals surface area (Å²) in [5.41, 5.74) is 7.46. The Hall–Kier alpha value is -2.91. The van der Waals surface area contributed by atoms with Crippen molar-refractivity contribution in [3.8, 4) is 0 Å². The van der Waals surface area contributed by atoms with Crippen LogP contribution < -0.4 is 5.73 Å². The molecule has 0 aliphatic rings. The lowest BCUT2D eigenvalue weighted by molar-refractivity contribution is -0.116. The number of aliphatic hydroxyl groups is 1. The van der Waals surface area contributed by atoms with Gasteiger partial charge in [0.2, 0.25) is 6.41 Å². The van der Waals surface area contributed by atoms with Gasteiger partial charge in [-0.25, -0.2) is 14.8 Å². The highest BCUT2D eigenvalue weighted by Gasteiger charge is 2.11. The maximum atomic E-state index is 11.2. The number of carboxylic acid groups (broad SMARTS) is 1. The Morgan fingerprint density at radius 3 is 2.43 bits per heavy atom. The molecule has 28 heavy (non-hydrogen) atoms. The quantitative estimate of drug-likeness (QED) is 0.411. The Balaban J connectivity index is 0.000000362. The van der Waals surface area contributed by atoms with Crippen molar-refractivity contribution < 1.29 is 19.8 Å². The van der Waals surface area contributed by atoms with E-state index in [0.717, 1.165) is 0 Å². The summed E-state index contributed by atoms with van der Waals surface area (Å²) in [5.74, 6) is 0.0620. The van der Waals surface area contributed by atoms with E-state index in [4.69, 9.17) is 15.9 Å². The molecule has 2 rings (SSSR count). The average Bonchev–Trinajstić information content (AvgIpc) is 2.68. The van der Waals surface area contributed by atoms with Crippen molar-refractivity contribution in [1.29, 1.82) is 0 Å². The smallest absolute Gasteiger partial charge is 0.335 e. The molecule has 150 valence electrons. The summed E-state index contributed by atoms with van der Waals surface area (Å²) in [6.45, 7) is 3.77. The first-order valence-electron chi connectivity index (χ1n) is 8.38. The van der Waals surface area contributed by atoms with Gasteiger partial charge in [0, 0.05) is 35.4 Å². The molecule has 4 N–H and O–H groups in total. The molecule has 0 bridgehead atoms. The largest absolute Gasteiger partial charge is 0.478 e. The van der Waals surface area contributed by atoms with Crippen molar-refractivity contribution in [3.05, 3.63) is 64.1 Å². The number of carbonyl (C=O) groups is 2. The summed E-state index contributed by atoms with van der Waals surface area (Å²) in [4.78, 5) is 31.6. The Morgan fingerprint density at radius 2 is 1.96 bits per heavy atom. The Kier molecular flexibility index (Phi) is 9.69. The van der Waals surface area contributed by atoms with E-state index in [1.54, 1.807) is 50.4 Å². The SMILES string of the molecule is C/C(=C(/S)CCO)N(C=O)Cc1cnc(C)nc1N.O=C(O)c1ccccc1. The van der Waals surface area contributed by atoms with Crippen LogP contribution in [0, 0.1) is 6.92 Å². The second kappa shape index (κ2) is 11.7. The van der Waals surface area contributed by atoms with E-state index in [1.165, 1.54) is 4.90 Å². The van der Waals surface area contributed by atoms with Crippen molar-refractivity contribution in [1.82, 2.24) is 14.9 Å². The van der Waals surface area contributed by atoms with E-state index in [-0.39, 0.29) is 13.2 Å². The molecule has 0 unspecified atom stereocenters. The second-order valence-electron chi connectivity index (χ2n) is 5.74. The predicted octanol–water partition coefficient (Wildman–Crippen LogP) is 2.25. The molecule has 0 fully saturated rings. The molecular formula is C19H24N4O4S. The van der Waals surface area contributed by atoms with Crippen molar-refractivity contribution in [3.63, 3.8) is 0 Å². The van der Waals surface area contributed by atoms with Crippen LogP contribution in [0.25, 0.3) is 0 Å². The first-order chi connectivity index (χ1) is 13.3. The molecule has 1 heterocycles. The van der Waals surface area contributed by atoms with Crippen LogP contribution in [0.15, 0.2) is 47.1 Å². The zero-order valence-corrected chi connectivity index (χ0v) is 16.6. The fraction of sp³-hybridized carbons (Fsp3) is 0.263. The Bertz CT molecular complexity index is 828. The number of aryl methyl sites for hydroxylation is 1. The van der Waals surface area contributed by atoms with E-state index in [1.807, 2.05) is 0 Å². The number of nitrogens with two attached hydrogens (primary N) is 1. The number of anilines is 1. The van der Waals surface area contributed by atoms with Gasteiger partial charge in [-0.3, -0.25) is 4.79 Å². The first-order valence-corrected chi connectivity index (χ1v) is 8.82. The summed E-state index contributed by atoms with van der Waals surface area (Å²) in [7, 11) is 0. The summed E-state index contributed by atoms with van der Waals surface area (Å²) in [6.07, 6.45) is 2.70. The van der Waals surface area contributed by atoms with Gasteiger partial charge in [0.15, 0.2) is 0 Å². The normalized spacial score (nSPS) is 11.0. The monoisotopic (exact) mass is 404 g/mol. The number of carboxylic acids is 1. The van der Waals surface area contributed by atoms with E-state index < -0.39 is 5.97 Å². The lowest BCUT2D eigenvalue weighted by Crippen LogP contribution is -2.21. The predicted molar refractivity (Wildman–Crippen MR) is 110 cm³/mol. The highest BCUT2D eigenvalue weighted by atomic mass is 32.1. The van der Waals surface area contributed by atoms with Crippen LogP contribution in [0.4, 0.5) is 5.82 Å². The Labute approximate surface area is 169 Å². The third-order valence-electron chi connectivity index (χ3n) is 3.70. The fourth-order valence-corrected chi connectivity index (χ4v) is 2.31. The fourth-order valence-electron chi connectivity index (χ4n) is 2.09. The molecule has 1 aromatic heterocycles. The highest BCUT2D eigenvalue weighted by Crippen LogP contribution is 2.19. The van der Waals surface area contributed by atoms with Gasteiger partial charge >= 0.3 is 5.97 Å². The number of amides is 1. The van der Waals surface area contributed by atoms with E-state index in [9.17, 15) is 9.59 Å². The summed E-state index contributed by atoms with van der Waals surface area (Å²) in [6, 6.07) is 8.30. The van der Waals surface area contributed by atoms with Gasteiger partial charge in [0.25, 0.3) is 0 Å². The number of nitrogens with zero attached hydrogens (tertiary/aromatic N) is 3. The minimum Gasteiger partial charge on any atom is -0.478 e. The molecule has 2 aromatic rings. The van der Waals surface area contributed by atoms with Crippen LogP contribution in [0.1, 0.15) is 35.1 Å². The van der Waals surface area contributed by atoms with Gasteiger partial charge in [-0.1, -0.05) is 18.2 Å². The topological polar surface area (TPSA) is 130 Å². The molecule has 9 heteroatoms. The van der Waals surface area contributed by atoms with Gasteiger partial charge in [-0.2, -0.15) is 0 Å². The summed E-state index contributed by atoms with van der Waals surface area (Å²) >= 11 is 4.26. The molecule has 8 nitrogen and oxygen atoms in total. The van der Waals surface area contributed by atoms with Gasteiger partial charge in [-0.15, -0.1) is 12.6 Å². The molecule has 0 saturated carbocycles. The molecule has 0 spiro atoms. The molecule has 0 aliphatic heterocycles. The number of aromatic nitrogens is 2. The minimum atomic E-state index is -0.879. The number of rotatable bonds is 7. The molecule has 0 saturated heterocycles. The van der Waals surface area contributed by atoms with Crippen LogP contribution in [-0.2, 0) is 11.3 Å². The Morgan fingerprint density at radius 1 is 1.32 bits per heavy atom. The summed E-state index contributed by atoms with van der Waals surface area (Å²) in [5, 5.41) is 17.3. The summed E-state index contributed by atoms with van der Waals surface area (Å²) < 4.78 is 0. The molecule has 0 aliphatic carbocycles. The van der Waals surface area contributed by atoms with Crippen molar-refractivity contribution in [2.24, 2.45) is 0 Å². The van der Waals surface area contributed by atoms with Crippen LogP contribution in [0.2, 0.25) is 0 Å². The van der Waals surface area contributed by atoms with Crippen LogP contribution >= 0.6 is 12.6 Å². The third-order valence-corrected chi connectivity index (χ3v) is 4.25. The maximum absolute atomic E-state index is 11.2. The number of nitrogen functional groups attached to an aromatic ring is 1. The molecule has 0 radical (unpaired) electrons. The van der Waals surface area contributed by atoms with Gasteiger partial charge in [-0.05, 0) is 26.0 Å². The molecule has 1 amide bonds. The lowest BCUT2D eigenvalue weighted by Gasteiger charge is -2.20. The average molecular weight is 404 g/mol. The molecular weight excluding hydrogens is 380 g/mol. The van der Waals surface area contributed by atoms with Crippen molar-refractivity contribution >= 4 is 30.8 Å². The highest BCUT2D eigenvalue weighted by molar-refractivity contribution is 7.84. The standard InChI is InChI=1S/C12H18N4O2S.C7H6O2/c1-8(11(19)3-4-17)16(7-18)6-10-5-14-9(2)15-12(10)13;8-7(9)6-4-2-1-3-5-6/h5,7,17,19H,3-4,6H2,1-2H3,(H2,13,14,15);1-5H,(H,8,9)/b11-8-;. The number of aliphatic hydroxyl groups excluding tert-OH is 1. The van der Waals surface area contributed by atoms with Crippen LogP contribution in [0.3, 0.4) is 0 Å². The van der Waals surface area contributed by atoms with Crippen LogP contribution in [0.5, 0.6) is 0 Å². The van der Waals surface area contributed by atoms with Gasteiger partial charge in [0.1, 0.15) is 11.6 Å². The van der Waals surface area contributed by atoms with E-state index in [0.29, 0.717) is 46.2 Å². The first kappa shape index (κ1) is 23.1. The molecule has 1 aromatic carbocycles. The van der Waals surface area contributed by atoms with Gasteiger partial charge in [0.05, 0.1) is 12.1 Å². The number of benzene rings is 1. The second-order valence-corrected chi connectivity index (χ2v) is 6.28. The third kappa shape index (κ3) is 7.37. The lowest BCUT2D eigenvalue weighted by atomic mass is 10.2. The number of aromatic carboxylic acids is 1. The van der Waals surface area contributed by atoms with Crippen LogP contribution in [-0.4, -0.2) is 44.1 Å².